The van der Waals surface area contributed by atoms with Crippen molar-refractivity contribution in [1.82, 2.24) is 4.57 Å². The Balaban J connectivity index is 2.84. The van der Waals surface area contributed by atoms with E-state index in [1.165, 1.54) is 10.6 Å². The molecule has 0 saturated heterocycles. The van der Waals surface area contributed by atoms with Gasteiger partial charge >= 0.3 is 0 Å². The number of aromatic nitrogens is 1. The Labute approximate surface area is 83.3 Å². The van der Waals surface area contributed by atoms with Gasteiger partial charge in [0.05, 0.1) is 5.69 Å². The number of anilines is 1. The fraction of sp³-hybridized carbons (Fsp3) is 0.500. The first-order chi connectivity index (χ1) is 6.66. The molecule has 4 heteroatoms. The molecular weight excluding hydrogens is 180 g/mol. The fourth-order valence-corrected chi connectivity index (χ4v) is 1.15. The maximum Gasteiger partial charge on any atom is 0.252 e. The van der Waals surface area contributed by atoms with Crippen LogP contribution in [0.3, 0.4) is 0 Å². The molecular formula is C10H16N2O2. The van der Waals surface area contributed by atoms with Gasteiger partial charge in [-0.2, -0.15) is 0 Å². The molecule has 0 unspecified atom stereocenters. The molecule has 0 bridgehead atoms. The third-order valence-electron chi connectivity index (χ3n) is 2.06. The molecule has 1 rings (SSSR count). The Hall–Kier alpha value is -1.29. The van der Waals surface area contributed by atoms with Crippen LogP contribution in [-0.2, 0) is 11.5 Å². The summed E-state index contributed by atoms with van der Waals surface area (Å²) < 4.78 is 6.83. The summed E-state index contributed by atoms with van der Waals surface area (Å²) in [4.78, 5) is 11.4. The van der Waals surface area contributed by atoms with Gasteiger partial charge in [-0.05, 0) is 19.4 Å². The van der Waals surface area contributed by atoms with Gasteiger partial charge in [0.25, 0.3) is 5.56 Å². The zero-order valence-electron chi connectivity index (χ0n) is 8.62. The molecule has 0 saturated carbocycles. The van der Waals surface area contributed by atoms with Crippen molar-refractivity contribution in [2.45, 2.75) is 27.0 Å². The van der Waals surface area contributed by atoms with E-state index in [0.29, 0.717) is 12.3 Å². The number of nitrogens with two attached hydrogens (primary N) is 1. The Morgan fingerprint density at radius 1 is 1.50 bits per heavy atom. The largest absolute Gasteiger partial charge is 0.397 e. The van der Waals surface area contributed by atoms with Gasteiger partial charge in [-0.25, -0.2) is 0 Å². The van der Waals surface area contributed by atoms with E-state index in [4.69, 9.17) is 10.5 Å². The first-order valence-electron chi connectivity index (χ1n) is 4.70. The van der Waals surface area contributed by atoms with Gasteiger partial charge < -0.3 is 10.5 Å². The molecule has 1 aromatic heterocycles. The number of nitrogen functional groups attached to an aromatic ring is 1. The lowest BCUT2D eigenvalue weighted by molar-refractivity contribution is 0.0740. The van der Waals surface area contributed by atoms with E-state index in [1.54, 1.807) is 6.07 Å². The van der Waals surface area contributed by atoms with E-state index < -0.39 is 0 Å². The average molecular weight is 196 g/mol. The second kappa shape index (κ2) is 4.81. The second-order valence-corrected chi connectivity index (χ2v) is 3.18. The van der Waals surface area contributed by atoms with E-state index in [9.17, 15) is 4.79 Å². The maximum atomic E-state index is 11.4. The number of ether oxygens (including phenoxy) is 1. The van der Waals surface area contributed by atoms with Crippen molar-refractivity contribution < 1.29 is 4.74 Å². The molecule has 0 fully saturated rings. The predicted octanol–water partition coefficient (Wildman–Crippen LogP) is 1.12. The van der Waals surface area contributed by atoms with Crippen molar-refractivity contribution in [2.24, 2.45) is 0 Å². The van der Waals surface area contributed by atoms with Gasteiger partial charge in [0, 0.05) is 18.4 Å². The Kier molecular flexibility index (Phi) is 3.71. The summed E-state index contributed by atoms with van der Waals surface area (Å²) in [5.41, 5.74) is 6.98. The third kappa shape index (κ3) is 2.35. The van der Waals surface area contributed by atoms with E-state index >= 15 is 0 Å². The molecule has 4 nitrogen and oxygen atoms in total. The van der Waals surface area contributed by atoms with Crippen LogP contribution in [0.1, 0.15) is 19.0 Å². The van der Waals surface area contributed by atoms with Crippen LogP contribution in [0.4, 0.5) is 5.69 Å². The first-order valence-corrected chi connectivity index (χ1v) is 4.70. The minimum atomic E-state index is -0.0761. The molecule has 0 atom stereocenters. The number of hydrogen-bond acceptors (Lipinski definition) is 3. The highest BCUT2D eigenvalue weighted by atomic mass is 16.5. The lowest BCUT2D eigenvalue weighted by atomic mass is 10.3. The lowest BCUT2D eigenvalue weighted by Gasteiger charge is -2.11. The van der Waals surface area contributed by atoms with Crippen molar-refractivity contribution in [3.8, 4) is 0 Å². The van der Waals surface area contributed by atoms with Gasteiger partial charge in [0.2, 0.25) is 0 Å². The van der Waals surface area contributed by atoms with E-state index in [-0.39, 0.29) is 12.3 Å². The Morgan fingerprint density at radius 3 is 2.86 bits per heavy atom. The smallest absolute Gasteiger partial charge is 0.252 e. The molecule has 0 aliphatic rings. The summed E-state index contributed by atoms with van der Waals surface area (Å²) in [6, 6.07) is 3.08. The van der Waals surface area contributed by atoms with Gasteiger partial charge in [0.15, 0.2) is 0 Å². The maximum absolute atomic E-state index is 11.4. The molecule has 14 heavy (non-hydrogen) atoms. The van der Waals surface area contributed by atoms with Crippen LogP contribution in [0.2, 0.25) is 0 Å². The summed E-state index contributed by atoms with van der Waals surface area (Å²) in [6.45, 7) is 4.77. The van der Waals surface area contributed by atoms with Crippen LogP contribution >= 0.6 is 0 Å². The van der Waals surface area contributed by atoms with Gasteiger partial charge in [-0.3, -0.25) is 9.36 Å². The minimum absolute atomic E-state index is 0.0761. The molecule has 0 aromatic carbocycles. The van der Waals surface area contributed by atoms with Crippen molar-refractivity contribution in [3.63, 3.8) is 0 Å². The van der Waals surface area contributed by atoms with Crippen LogP contribution < -0.4 is 11.3 Å². The number of rotatable bonds is 4. The molecule has 0 amide bonds. The minimum Gasteiger partial charge on any atom is -0.397 e. The van der Waals surface area contributed by atoms with E-state index in [0.717, 1.165) is 12.1 Å². The van der Waals surface area contributed by atoms with E-state index in [2.05, 4.69) is 0 Å². The molecule has 1 heterocycles. The van der Waals surface area contributed by atoms with Crippen LogP contribution in [0.15, 0.2) is 16.9 Å². The predicted molar refractivity (Wildman–Crippen MR) is 56.1 cm³/mol. The fourth-order valence-electron chi connectivity index (χ4n) is 1.15. The van der Waals surface area contributed by atoms with Crippen LogP contribution in [0, 0.1) is 6.92 Å². The Morgan fingerprint density at radius 2 is 2.21 bits per heavy atom. The molecule has 0 radical (unpaired) electrons. The first kappa shape index (κ1) is 10.8. The summed E-state index contributed by atoms with van der Waals surface area (Å²) >= 11 is 0. The molecule has 0 aliphatic heterocycles. The van der Waals surface area contributed by atoms with Crippen LogP contribution in [0.25, 0.3) is 0 Å². The lowest BCUT2D eigenvalue weighted by Crippen LogP contribution is -2.23. The zero-order valence-corrected chi connectivity index (χ0v) is 8.62. The monoisotopic (exact) mass is 196 g/mol. The second-order valence-electron chi connectivity index (χ2n) is 3.18. The van der Waals surface area contributed by atoms with Gasteiger partial charge in [-0.15, -0.1) is 0 Å². The van der Waals surface area contributed by atoms with Crippen molar-refractivity contribution in [1.29, 1.82) is 0 Å². The van der Waals surface area contributed by atoms with Crippen LogP contribution in [0.5, 0.6) is 0 Å². The highest BCUT2D eigenvalue weighted by molar-refractivity contribution is 5.41. The standard InChI is InChI=1S/C10H16N2O2/c1-3-6-14-7-12-8(2)9(11)4-5-10(12)13/h4-5H,3,6-7,11H2,1-2H3. The van der Waals surface area contributed by atoms with E-state index in [1.807, 2.05) is 13.8 Å². The van der Waals surface area contributed by atoms with Gasteiger partial charge in [-0.1, -0.05) is 6.92 Å². The average Bonchev–Trinajstić information content (AvgIpc) is 2.18. The van der Waals surface area contributed by atoms with Crippen molar-refractivity contribution in [2.75, 3.05) is 12.3 Å². The number of hydrogen-bond donors (Lipinski definition) is 1. The summed E-state index contributed by atoms with van der Waals surface area (Å²) in [7, 11) is 0. The molecule has 2 N–H and O–H groups in total. The molecule has 0 spiro atoms. The highest BCUT2D eigenvalue weighted by Crippen LogP contribution is 2.06. The number of pyridine rings is 1. The third-order valence-corrected chi connectivity index (χ3v) is 2.06. The molecule has 1 aromatic rings. The topological polar surface area (TPSA) is 57.2 Å². The normalized spacial score (nSPS) is 10.4. The zero-order chi connectivity index (χ0) is 10.6. The van der Waals surface area contributed by atoms with Crippen LogP contribution in [-0.4, -0.2) is 11.2 Å². The Bertz CT molecular complexity index is 358. The SMILES string of the molecule is CCCOCn1c(C)c(N)ccc1=O. The summed E-state index contributed by atoms with van der Waals surface area (Å²) in [6.07, 6.45) is 0.941. The summed E-state index contributed by atoms with van der Waals surface area (Å²) in [5, 5.41) is 0. The molecule has 78 valence electrons. The van der Waals surface area contributed by atoms with Crippen molar-refractivity contribution >= 4 is 5.69 Å². The number of nitrogens with zero attached hydrogens (tertiary/aromatic N) is 1. The molecule has 0 aliphatic carbocycles. The quantitative estimate of drug-likeness (QED) is 0.734. The highest BCUT2D eigenvalue weighted by Gasteiger charge is 2.02. The summed E-state index contributed by atoms with van der Waals surface area (Å²) in [5.74, 6) is 0. The van der Waals surface area contributed by atoms with Gasteiger partial charge in [0.1, 0.15) is 6.73 Å². The van der Waals surface area contributed by atoms with Crippen molar-refractivity contribution in [3.05, 3.63) is 28.2 Å².